The Morgan fingerprint density at radius 2 is 1.57 bits per heavy atom. The van der Waals surface area contributed by atoms with Crippen LogP contribution in [0, 0.1) is 5.92 Å². The average molecular weight is 498 g/mol. The second-order valence-electron chi connectivity index (χ2n) is 9.96. The third-order valence-corrected chi connectivity index (χ3v) is 7.66. The molecule has 1 fully saturated rings. The number of ether oxygens (including phenoxy) is 2. The molecule has 0 saturated carbocycles. The smallest absolute Gasteiger partial charge is 0.261 e. The van der Waals surface area contributed by atoms with Gasteiger partial charge in [0, 0.05) is 32.1 Å². The van der Waals surface area contributed by atoms with Crippen LogP contribution in [0.4, 0.5) is 0 Å². The van der Waals surface area contributed by atoms with Crippen LogP contribution in [0.3, 0.4) is 0 Å². The molecular formula is C31H35N3O3. The molecule has 6 nitrogen and oxygen atoms in total. The maximum absolute atomic E-state index is 13.5. The van der Waals surface area contributed by atoms with Crippen molar-refractivity contribution in [2.75, 3.05) is 27.3 Å². The molecule has 0 aliphatic carbocycles. The summed E-state index contributed by atoms with van der Waals surface area (Å²) in [6.45, 7) is 2.89. The van der Waals surface area contributed by atoms with E-state index in [1.165, 1.54) is 11.1 Å². The summed E-state index contributed by atoms with van der Waals surface area (Å²) in [6.07, 6.45) is 3.01. The van der Waals surface area contributed by atoms with E-state index in [9.17, 15) is 4.79 Å². The van der Waals surface area contributed by atoms with Gasteiger partial charge in [-0.05, 0) is 48.9 Å². The Labute approximate surface area is 218 Å². The number of methoxy groups -OCH3 is 2. The van der Waals surface area contributed by atoms with Crippen molar-refractivity contribution >= 4 is 10.9 Å². The van der Waals surface area contributed by atoms with Gasteiger partial charge < -0.3 is 9.47 Å². The summed E-state index contributed by atoms with van der Waals surface area (Å²) in [4.78, 5) is 21.1. The minimum atomic E-state index is -0.0468. The molecule has 6 heteroatoms. The van der Waals surface area contributed by atoms with Crippen LogP contribution in [0.2, 0.25) is 0 Å². The van der Waals surface area contributed by atoms with Gasteiger partial charge in [-0.25, -0.2) is 4.98 Å². The molecule has 0 N–H and O–H groups in total. The van der Waals surface area contributed by atoms with E-state index in [0.717, 1.165) is 44.7 Å². The lowest BCUT2D eigenvalue weighted by molar-refractivity contribution is 0.135. The summed E-state index contributed by atoms with van der Waals surface area (Å²) in [5, 5.41) is 0.547. The summed E-state index contributed by atoms with van der Waals surface area (Å²) in [5.41, 5.74) is 3.29. The second kappa shape index (κ2) is 11.2. The normalized spacial score (nSPS) is 18.1. The van der Waals surface area contributed by atoms with Crippen molar-refractivity contribution in [3.63, 3.8) is 0 Å². The van der Waals surface area contributed by atoms with Crippen LogP contribution in [0.5, 0.6) is 11.5 Å². The van der Waals surface area contributed by atoms with Crippen LogP contribution in [0.15, 0.2) is 77.6 Å². The maximum Gasteiger partial charge on any atom is 0.261 e. The van der Waals surface area contributed by atoms with Crippen molar-refractivity contribution in [3.8, 4) is 11.5 Å². The first-order valence-electron chi connectivity index (χ1n) is 13.0. The van der Waals surface area contributed by atoms with Crippen molar-refractivity contribution in [1.29, 1.82) is 0 Å². The Hall–Kier alpha value is -3.64. The molecule has 0 radical (unpaired) electrons. The van der Waals surface area contributed by atoms with E-state index in [1.54, 1.807) is 24.9 Å². The van der Waals surface area contributed by atoms with Crippen LogP contribution >= 0.6 is 0 Å². The first kappa shape index (κ1) is 25.0. The molecule has 0 amide bonds. The van der Waals surface area contributed by atoms with E-state index in [-0.39, 0.29) is 11.5 Å². The van der Waals surface area contributed by atoms with Gasteiger partial charge in [0.25, 0.3) is 5.56 Å². The molecule has 2 heterocycles. The summed E-state index contributed by atoms with van der Waals surface area (Å²) in [6, 6.07) is 24.9. The summed E-state index contributed by atoms with van der Waals surface area (Å²) < 4.78 is 12.7. The Bertz CT molecular complexity index is 1400. The Kier molecular flexibility index (Phi) is 7.56. The van der Waals surface area contributed by atoms with E-state index >= 15 is 0 Å². The monoisotopic (exact) mass is 497 g/mol. The minimum Gasteiger partial charge on any atom is -0.493 e. The van der Waals surface area contributed by atoms with Gasteiger partial charge in [-0.1, -0.05) is 60.7 Å². The second-order valence-corrected chi connectivity index (χ2v) is 9.96. The van der Waals surface area contributed by atoms with Gasteiger partial charge in [0.15, 0.2) is 11.5 Å². The first-order chi connectivity index (χ1) is 18.1. The number of aryl methyl sites for hydroxylation is 1. The highest BCUT2D eigenvalue weighted by atomic mass is 16.5. The van der Waals surface area contributed by atoms with Crippen LogP contribution < -0.4 is 15.0 Å². The van der Waals surface area contributed by atoms with Gasteiger partial charge in [-0.3, -0.25) is 14.3 Å². The zero-order valence-electron chi connectivity index (χ0n) is 21.9. The standard InChI is InChI=1S/C31H35N3O3/c1-33-30(32-27-19-29(37-3)28(36-2)18-26(27)31(33)35)25-16-17-34(20-23-12-8-5-9-13-23)21-24(25)15-14-22-10-6-4-7-11-22/h4-13,18-19,24-25H,14-17,20-21H2,1-3H3. The molecule has 192 valence electrons. The van der Waals surface area contributed by atoms with E-state index in [4.69, 9.17) is 14.5 Å². The fourth-order valence-electron chi connectivity index (χ4n) is 5.67. The number of nitrogens with zero attached hydrogens (tertiary/aromatic N) is 3. The molecule has 2 unspecified atom stereocenters. The van der Waals surface area contributed by atoms with E-state index < -0.39 is 0 Å². The topological polar surface area (TPSA) is 56.6 Å². The highest BCUT2D eigenvalue weighted by Gasteiger charge is 2.33. The van der Waals surface area contributed by atoms with E-state index in [2.05, 4.69) is 65.6 Å². The molecule has 0 bridgehead atoms. The highest BCUT2D eigenvalue weighted by Crippen LogP contribution is 2.37. The molecule has 1 aliphatic rings. The maximum atomic E-state index is 13.5. The molecule has 1 aromatic heterocycles. The Balaban J connectivity index is 1.48. The highest BCUT2D eigenvalue weighted by molar-refractivity contribution is 5.82. The van der Waals surface area contributed by atoms with Gasteiger partial charge >= 0.3 is 0 Å². The number of likely N-dealkylation sites (tertiary alicyclic amines) is 1. The first-order valence-corrected chi connectivity index (χ1v) is 13.0. The zero-order valence-corrected chi connectivity index (χ0v) is 21.9. The molecule has 3 aromatic carbocycles. The number of benzene rings is 3. The van der Waals surface area contributed by atoms with Gasteiger partial charge in [-0.2, -0.15) is 0 Å². The van der Waals surface area contributed by atoms with Crippen molar-refractivity contribution in [2.24, 2.45) is 13.0 Å². The number of fused-ring (bicyclic) bond motifs is 1. The lowest BCUT2D eigenvalue weighted by Crippen LogP contribution is -2.41. The van der Waals surface area contributed by atoms with Gasteiger partial charge in [0.2, 0.25) is 0 Å². The molecule has 4 aromatic rings. The largest absolute Gasteiger partial charge is 0.493 e. The fraction of sp³-hybridized carbons (Fsp3) is 0.355. The van der Waals surface area contributed by atoms with Gasteiger partial charge in [0.1, 0.15) is 5.82 Å². The van der Waals surface area contributed by atoms with Crippen LogP contribution in [0.1, 0.15) is 35.7 Å². The average Bonchev–Trinajstić information content (AvgIpc) is 2.94. The molecule has 1 aliphatic heterocycles. The SMILES string of the molecule is COc1cc2nc(C3CCN(Cc4ccccc4)CC3CCc3ccccc3)n(C)c(=O)c2cc1OC. The van der Waals surface area contributed by atoms with Crippen LogP contribution in [-0.4, -0.2) is 41.8 Å². The zero-order chi connectivity index (χ0) is 25.8. The molecular weight excluding hydrogens is 462 g/mol. The predicted octanol–water partition coefficient (Wildman–Crippen LogP) is 5.19. The quantitative estimate of drug-likeness (QED) is 0.335. The van der Waals surface area contributed by atoms with Crippen LogP contribution in [-0.2, 0) is 20.0 Å². The van der Waals surface area contributed by atoms with Crippen molar-refractivity contribution in [1.82, 2.24) is 14.5 Å². The molecule has 37 heavy (non-hydrogen) atoms. The van der Waals surface area contributed by atoms with E-state index in [0.29, 0.717) is 28.3 Å². The Morgan fingerprint density at radius 3 is 2.24 bits per heavy atom. The van der Waals surface area contributed by atoms with E-state index in [1.807, 2.05) is 13.1 Å². The summed E-state index contributed by atoms with van der Waals surface area (Å²) in [7, 11) is 5.04. The van der Waals surface area contributed by atoms with Gasteiger partial charge in [0.05, 0.1) is 25.1 Å². The number of aromatic nitrogens is 2. The number of piperidine rings is 1. The van der Waals surface area contributed by atoms with Gasteiger partial charge in [-0.15, -0.1) is 0 Å². The van der Waals surface area contributed by atoms with Crippen molar-refractivity contribution in [3.05, 3.63) is 100 Å². The molecule has 0 spiro atoms. The predicted molar refractivity (Wildman–Crippen MR) is 147 cm³/mol. The summed E-state index contributed by atoms with van der Waals surface area (Å²) in [5.74, 6) is 2.57. The van der Waals surface area contributed by atoms with Crippen molar-refractivity contribution < 1.29 is 9.47 Å². The fourth-order valence-corrected chi connectivity index (χ4v) is 5.67. The lowest BCUT2D eigenvalue weighted by Gasteiger charge is -2.39. The lowest BCUT2D eigenvalue weighted by atomic mass is 9.80. The molecule has 1 saturated heterocycles. The number of rotatable bonds is 8. The van der Waals surface area contributed by atoms with Crippen LogP contribution in [0.25, 0.3) is 10.9 Å². The summed E-state index contributed by atoms with van der Waals surface area (Å²) >= 11 is 0. The Morgan fingerprint density at radius 1 is 0.919 bits per heavy atom. The third-order valence-electron chi connectivity index (χ3n) is 7.66. The van der Waals surface area contributed by atoms with Crippen molar-refractivity contribution in [2.45, 2.75) is 31.7 Å². The number of hydrogen-bond donors (Lipinski definition) is 0. The minimum absolute atomic E-state index is 0.0468. The molecule has 5 rings (SSSR count). The molecule has 2 atom stereocenters. The number of hydrogen-bond acceptors (Lipinski definition) is 5. The third kappa shape index (κ3) is 5.39.